The summed E-state index contributed by atoms with van der Waals surface area (Å²) in [6.07, 6.45) is 5.10. The van der Waals surface area contributed by atoms with Crippen molar-refractivity contribution >= 4 is 5.97 Å². The summed E-state index contributed by atoms with van der Waals surface area (Å²) in [6.45, 7) is 2.36. The van der Waals surface area contributed by atoms with Gasteiger partial charge in [-0.25, -0.2) is 13.6 Å². The summed E-state index contributed by atoms with van der Waals surface area (Å²) in [6, 6.07) is 11.1. The van der Waals surface area contributed by atoms with E-state index in [0.29, 0.717) is 5.56 Å². The Morgan fingerprint density at radius 3 is 2.36 bits per heavy atom. The lowest BCUT2D eigenvalue weighted by atomic mass is 10.0. The summed E-state index contributed by atoms with van der Waals surface area (Å²) in [5.74, 6) is -3.36. The second-order valence-corrected chi connectivity index (χ2v) is 5.76. The molecule has 0 atom stereocenters. The molecular formula is C20H22F2O3. The normalized spacial score (nSPS) is 10.7. The van der Waals surface area contributed by atoms with Crippen LogP contribution in [-0.2, 0) is 9.78 Å². The Hall–Kier alpha value is -2.27. The van der Waals surface area contributed by atoms with E-state index in [1.807, 2.05) is 0 Å². The maximum atomic E-state index is 14.2. The highest BCUT2D eigenvalue weighted by Crippen LogP contribution is 2.26. The molecule has 3 nitrogen and oxygen atoms in total. The van der Waals surface area contributed by atoms with Crippen molar-refractivity contribution in [3.05, 3.63) is 59.7 Å². The lowest BCUT2D eigenvalue weighted by molar-refractivity contribution is -0.241. The molecule has 2 aromatic carbocycles. The first kappa shape index (κ1) is 19.1. The number of halogens is 2. The van der Waals surface area contributed by atoms with Crippen LogP contribution in [-0.4, -0.2) is 12.6 Å². The van der Waals surface area contributed by atoms with Crippen LogP contribution in [0.4, 0.5) is 8.78 Å². The van der Waals surface area contributed by atoms with Gasteiger partial charge in [-0.1, -0.05) is 69.0 Å². The van der Waals surface area contributed by atoms with Crippen LogP contribution in [0.3, 0.4) is 0 Å². The van der Waals surface area contributed by atoms with Gasteiger partial charge >= 0.3 is 5.97 Å². The lowest BCUT2D eigenvalue weighted by Crippen LogP contribution is -2.10. The van der Waals surface area contributed by atoms with E-state index < -0.39 is 23.2 Å². The highest BCUT2D eigenvalue weighted by atomic mass is 19.2. The first-order valence-corrected chi connectivity index (χ1v) is 8.52. The van der Waals surface area contributed by atoms with E-state index in [1.54, 1.807) is 30.3 Å². The predicted molar refractivity (Wildman–Crippen MR) is 91.9 cm³/mol. The fourth-order valence-electron chi connectivity index (χ4n) is 2.45. The molecule has 134 valence electrons. The molecule has 0 radical (unpaired) electrons. The van der Waals surface area contributed by atoms with Crippen LogP contribution in [0.25, 0.3) is 11.1 Å². The van der Waals surface area contributed by atoms with Crippen LogP contribution >= 0.6 is 0 Å². The summed E-state index contributed by atoms with van der Waals surface area (Å²) in [5, 5.41) is 0. The smallest absolute Gasteiger partial charge is 0.293 e. The molecule has 2 rings (SSSR count). The monoisotopic (exact) mass is 348 g/mol. The summed E-state index contributed by atoms with van der Waals surface area (Å²) in [5.41, 5.74) is 0.136. The third-order valence-corrected chi connectivity index (χ3v) is 3.85. The van der Waals surface area contributed by atoms with Crippen LogP contribution in [0.2, 0.25) is 0 Å². The molecule has 0 bridgehead atoms. The Morgan fingerprint density at radius 1 is 0.920 bits per heavy atom. The molecule has 0 aliphatic carbocycles. The first-order valence-electron chi connectivity index (χ1n) is 8.52. The van der Waals surface area contributed by atoms with Gasteiger partial charge in [0.05, 0.1) is 6.61 Å². The van der Waals surface area contributed by atoms with Crippen molar-refractivity contribution in [3.8, 4) is 11.1 Å². The van der Waals surface area contributed by atoms with Gasteiger partial charge in [0.1, 0.15) is 5.56 Å². The van der Waals surface area contributed by atoms with Crippen LogP contribution < -0.4 is 0 Å². The summed E-state index contributed by atoms with van der Waals surface area (Å²) in [4.78, 5) is 21.2. The summed E-state index contributed by atoms with van der Waals surface area (Å²) >= 11 is 0. The molecule has 0 saturated heterocycles. The predicted octanol–water partition coefficient (Wildman–Crippen LogP) is 5.69. The molecule has 0 fully saturated rings. The molecule has 0 aliphatic rings. The Balaban J connectivity index is 1.94. The summed E-state index contributed by atoms with van der Waals surface area (Å²) in [7, 11) is 0. The SMILES string of the molecule is CCCCCCCOOC(=O)c1ccc(-c2ccccc2)c(F)c1F. The molecule has 5 heteroatoms. The minimum Gasteiger partial charge on any atom is -0.293 e. The molecular weight excluding hydrogens is 326 g/mol. The maximum absolute atomic E-state index is 14.2. The maximum Gasteiger partial charge on any atom is 0.376 e. The number of carbonyl (C=O) groups is 1. The molecule has 0 spiro atoms. The zero-order chi connectivity index (χ0) is 18.1. The molecule has 0 aliphatic heterocycles. The fourth-order valence-corrected chi connectivity index (χ4v) is 2.45. The topological polar surface area (TPSA) is 35.5 Å². The number of unbranched alkanes of at least 4 members (excludes halogenated alkanes) is 4. The third-order valence-electron chi connectivity index (χ3n) is 3.85. The van der Waals surface area contributed by atoms with Gasteiger partial charge in [-0.3, -0.25) is 4.89 Å². The quantitative estimate of drug-likeness (QED) is 0.332. The van der Waals surface area contributed by atoms with Gasteiger partial charge in [-0.15, -0.1) is 0 Å². The first-order chi connectivity index (χ1) is 12.1. The second-order valence-electron chi connectivity index (χ2n) is 5.76. The van der Waals surface area contributed by atoms with E-state index in [0.717, 1.165) is 32.1 Å². The van der Waals surface area contributed by atoms with E-state index in [1.165, 1.54) is 12.1 Å². The van der Waals surface area contributed by atoms with Crippen molar-refractivity contribution in [2.24, 2.45) is 0 Å². The van der Waals surface area contributed by atoms with Crippen molar-refractivity contribution in [1.82, 2.24) is 0 Å². The van der Waals surface area contributed by atoms with Gasteiger partial charge < -0.3 is 0 Å². The average Bonchev–Trinajstić information content (AvgIpc) is 2.63. The molecule has 0 unspecified atom stereocenters. The lowest BCUT2D eigenvalue weighted by Gasteiger charge is -2.08. The van der Waals surface area contributed by atoms with Crippen molar-refractivity contribution in [2.45, 2.75) is 39.0 Å². The van der Waals surface area contributed by atoms with E-state index in [4.69, 9.17) is 4.89 Å². The Labute approximate surface area is 146 Å². The summed E-state index contributed by atoms with van der Waals surface area (Å²) < 4.78 is 28.4. The molecule has 0 heterocycles. The Bertz CT molecular complexity index is 687. The number of hydrogen-bond acceptors (Lipinski definition) is 3. The standard InChI is InChI=1S/C20H22F2O3/c1-2-3-4-5-9-14-24-25-20(23)17-13-12-16(18(21)19(17)22)15-10-7-6-8-11-15/h6-8,10-13H,2-5,9,14H2,1H3. The highest BCUT2D eigenvalue weighted by Gasteiger charge is 2.21. The Kier molecular flexibility index (Phi) is 7.54. The van der Waals surface area contributed by atoms with E-state index in [2.05, 4.69) is 11.8 Å². The molecule has 25 heavy (non-hydrogen) atoms. The zero-order valence-corrected chi connectivity index (χ0v) is 14.3. The van der Waals surface area contributed by atoms with Crippen LogP contribution in [0.1, 0.15) is 49.4 Å². The molecule has 0 N–H and O–H groups in total. The Morgan fingerprint density at radius 2 is 1.64 bits per heavy atom. The fraction of sp³-hybridized carbons (Fsp3) is 0.350. The van der Waals surface area contributed by atoms with Crippen molar-refractivity contribution in [2.75, 3.05) is 6.61 Å². The minimum atomic E-state index is -1.24. The third kappa shape index (κ3) is 5.36. The van der Waals surface area contributed by atoms with Crippen molar-refractivity contribution in [3.63, 3.8) is 0 Å². The number of rotatable bonds is 9. The van der Waals surface area contributed by atoms with Crippen molar-refractivity contribution in [1.29, 1.82) is 0 Å². The van der Waals surface area contributed by atoms with Gasteiger partial charge in [0.2, 0.25) is 0 Å². The van der Waals surface area contributed by atoms with Crippen LogP contribution in [0, 0.1) is 11.6 Å². The zero-order valence-electron chi connectivity index (χ0n) is 14.3. The van der Waals surface area contributed by atoms with Gasteiger partial charge in [0, 0.05) is 5.56 Å². The van der Waals surface area contributed by atoms with Crippen LogP contribution in [0.15, 0.2) is 42.5 Å². The number of benzene rings is 2. The van der Waals surface area contributed by atoms with Gasteiger partial charge in [-0.05, 0) is 18.1 Å². The van der Waals surface area contributed by atoms with E-state index >= 15 is 0 Å². The largest absolute Gasteiger partial charge is 0.376 e. The van der Waals surface area contributed by atoms with E-state index in [9.17, 15) is 13.6 Å². The number of hydrogen-bond donors (Lipinski definition) is 0. The minimum absolute atomic E-state index is 0.0893. The molecule has 0 aromatic heterocycles. The molecule has 0 amide bonds. The highest BCUT2D eigenvalue weighted by molar-refractivity contribution is 5.90. The molecule has 0 saturated carbocycles. The van der Waals surface area contributed by atoms with Crippen LogP contribution in [0.5, 0.6) is 0 Å². The van der Waals surface area contributed by atoms with E-state index in [-0.39, 0.29) is 12.2 Å². The average molecular weight is 348 g/mol. The van der Waals surface area contributed by atoms with Crippen molar-refractivity contribution < 1.29 is 23.4 Å². The van der Waals surface area contributed by atoms with Gasteiger partial charge in [0.15, 0.2) is 11.6 Å². The van der Waals surface area contributed by atoms with Gasteiger partial charge in [-0.2, -0.15) is 4.89 Å². The molecule has 2 aromatic rings. The second kappa shape index (κ2) is 9.89. The van der Waals surface area contributed by atoms with Gasteiger partial charge in [0.25, 0.3) is 0 Å². The number of carbonyl (C=O) groups excluding carboxylic acids is 1.